The van der Waals surface area contributed by atoms with Crippen molar-refractivity contribution in [2.75, 3.05) is 6.61 Å². The number of pyridine rings is 1. The van der Waals surface area contributed by atoms with Crippen molar-refractivity contribution in [1.29, 1.82) is 0 Å². The minimum Gasteiger partial charge on any atom is -0.478 e. The third-order valence-corrected chi connectivity index (χ3v) is 1.31. The number of hydrogen-bond acceptors (Lipinski definition) is 2. The van der Waals surface area contributed by atoms with Crippen LogP contribution in [0.5, 0.6) is 5.88 Å². The van der Waals surface area contributed by atoms with Crippen LogP contribution < -0.4 is 4.74 Å². The van der Waals surface area contributed by atoms with Gasteiger partial charge < -0.3 is 4.74 Å². The van der Waals surface area contributed by atoms with Gasteiger partial charge in [0.1, 0.15) is 0 Å². The molecule has 5 heteroatoms. The van der Waals surface area contributed by atoms with Gasteiger partial charge in [-0.2, -0.15) is 13.2 Å². The third kappa shape index (κ3) is 2.61. The van der Waals surface area contributed by atoms with E-state index < -0.39 is 11.7 Å². The molecule has 0 atom stereocenters. The smallest absolute Gasteiger partial charge is 0.417 e. The van der Waals surface area contributed by atoms with Gasteiger partial charge in [-0.05, 0) is 13.0 Å². The molecule has 0 bridgehead atoms. The fourth-order valence-electron chi connectivity index (χ4n) is 0.738. The molecular formula is C8H7F3NO. The van der Waals surface area contributed by atoms with E-state index in [1.165, 1.54) is 0 Å². The van der Waals surface area contributed by atoms with Crippen molar-refractivity contribution in [1.82, 2.24) is 4.98 Å². The quantitative estimate of drug-likeness (QED) is 0.713. The van der Waals surface area contributed by atoms with Crippen molar-refractivity contribution in [2.24, 2.45) is 0 Å². The Kier molecular flexibility index (Phi) is 2.75. The molecule has 1 radical (unpaired) electrons. The molecule has 0 spiro atoms. The van der Waals surface area contributed by atoms with Gasteiger partial charge in [0, 0.05) is 12.3 Å². The highest BCUT2D eigenvalue weighted by Gasteiger charge is 2.30. The first-order valence-electron chi connectivity index (χ1n) is 3.49. The second kappa shape index (κ2) is 3.64. The summed E-state index contributed by atoms with van der Waals surface area (Å²) in [6.45, 7) is 3.50. The van der Waals surface area contributed by atoms with Gasteiger partial charge in [0.25, 0.3) is 0 Å². The van der Waals surface area contributed by atoms with Gasteiger partial charge >= 0.3 is 6.18 Å². The van der Waals surface area contributed by atoms with Gasteiger partial charge in [0.15, 0.2) is 0 Å². The Labute approximate surface area is 73.4 Å². The van der Waals surface area contributed by atoms with Crippen molar-refractivity contribution in [3.63, 3.8) is 0 Å². The molecule has 0 aliphatic heterocycles. The molecule has 1 rings (SSSR count). The number of aromatic nitrogens is 1. The Bertz CT molecular complexity index is 268. The molecule has 0 saturated heterocycles. The Morgan fingerprint density at radius 3 is 2.46 bits per heavy atom. The van der Waals surface area contributed by atoms with Crippen LogP contribution in [0, 0.1) is 6.92 Å². The first-order valence-corrected chi connectivity index (χ1v) is 3.49. The lowest BCUT2D eigenvalue weighted by Crippen LogP contribution is -2.05. The summed E-state index contributed by atoms with van der Waals surface area (Å²) in [5.74, 6) is 0.142. The standard InChI is InChI=1S/C8H7F3NO/c1-2-13-7-4-3-6(5-12-7)8(9,10)11/h3-5H,1-2H2. The molecule has 2 nitrogen and oxygen atoms in total. The SMILES string of the molecule is [CH2]COc1ccc(C(F)(F)F)cn1. The molecule has 0 aliphatic carbocycles. The molecule has 1 heterocycles. The number of nitrogens with zero attached hydrogens (tertiary/aromatic N) is 1. The van der Waals surface area contributed by atoms with Crippen LogP contribution in [-0.2, 0) is 6.18 Å². The van der Waals surface area contributed by atoms with Crippen LogP contribution in [0.2, 0.25) is 0 Å². The van der Waals surface area contributed by atoms with E-state index in [9.17, 15) is 13.2 Å². The maximum absolute atomic E-state index is 12.0. The number of halogens is 3. The fourth-order valence-corrected chi connectivity index (χ4v) is 0.738. The molecule has 13 heavy (non-hydrogen) atoms. The van der Waals surface area contributed by atoms with E-state index in [0.717, 1.165) is 18.3 Å². The number of ether oxygens (including phenoxy) is 1. The average Bonchev–Trinajstić information content (AvgIpc) is 2.04. The molecule has 0 amide bonds. The third-order valence-electron chi connectivity index (χ3n) is 1.31. The maximum atomic E-state index is 12.0. The summed E-state index contributed by atoms with van der Waals surface area (Å²) in [4.78, 5) is 3.45. The van der Waals surface area contributed by atoms with Crippen LogP contribution in [0.3, 0.4) is 0 Å². The van der Waals surface area contributed by atoms with E-state index in [2.05, 4.69) is 11.9 Å². The average molecular weight is 190 g/mol. The van der Waals surface area contributed by atoms with Crippen molar-refractivity contribution in [3.05, 3.63) is 30.8 Å². The first kappa shape index (κ1) is 9.83. The lowest BCUT2D eigenvalue weighted by atomic mass is 10.3. The molecule has 1 aromatic heterocycles. The predicted molar refractivity (Wildman–Crippen MR) is 40.1 cm³/mol. The summed E-state index contributed by atoms with van der Waals surface area (Å²) < 4.78 is 40.8. The molecule has 71 valence electrons. The van der Waals surface area contributed by atoms with Crippen LogP contribution in [0.15, 0.2) is 18.3 Å². The summed E-state index contributed by atoms with van der Waals surface area (Å²) in [6.07, 6.45) is -3.62. The van der Waals surface area contributed by atoms with Crippen molar-refractivity contribution in [2.45, 2.75) is 6.18 Å². The molecule has 0 aliphatic rings. The van der Waals surface area contributed by atoms with Crippen molar-refractivity contribution >= 4 is 0 Å². The normalized spacial score (nSPS) is 11.4. The second-order valence-electron chi connectivity index (χ2n) is 2.23. The highest BCUT2D eigenvalue weighted by atomic mass is 19.4. The Morgan fingerprint density at radius 2 is 2.08 bits per heavy atom. The van der Waals surface area contributed by atoms with Crippen LogP contribution in [0.1, 0.15) is 5.56 Å². The summed E-state index contributed by atoms with van der Waals surface area (Å²) >= 11 is 0. The minimum absolute atomic E-state index is 0.137. The van der Waals surface area contributed by atoms with E-state index in [1.54, 1.807) is 0 Å². The highest BCUT2D eigenvalue weighted by Crippen LogP contribution is 2.28. The zero-order valence-corrected chi connectivity index (χ0v) is 6.64. The largest absolute Gasteiger partial charge is 0.478 e. The fraction of sp³-hybridized carbons (Fsp3) is 0.250. The van der Waals surface area contributed by atoms with Gasteiger partial charge in [-0.25, -0.2) is 4.98 Å². The van der Waals surface area contributed by atoms with Crippen molar-refractivity contribution in [3.8, 4) is 5.88 Å². The number of alkyl halides is 3. The second-order valence-corrected chi connectivity index (χ2v) is 2.23. The first-order chi connectivity index (χ1) is 6.04. The summed E-state index contributed by atoms with van der Waals surface area (Å²) in [5, 5.41) is 0. The molecule has 0 aromatic carbocycles. The van der Waals surface area contributed by atoms with Crippen LogP contribution in [0.4, 0.5) is 13.2 Å². The predicted octanol–water partition coefficient (Wildman–Crippen LogP) is 2.31. The van der Waals surface area contributed by atoms with E-state index in [0.29, 0.717) is 0 Å². The topological polar surface area (TPSA) is 22.1 Å². The molecule has 0 fully saturated rings. The zero-order chi connectivity index (χ0) is 9.90. The van der Waals surface area contributed by atoms with Crippen LogP contribution >= 0.6 is 0 Å². The summed E-state index contributed by atoms with van der Waals surface area (Å²) in [7, 11) is 0. The molecule has 0 saturated carbocycles. The minimum atomic E-state index is -4.35. The van der Waals surface area contributed by atoms with E-state index in [4.69, 9.17) is 4.74 Å². The Hall–Kier alpha value is -1.26. The van der Waals surface area contributed by atoms with Crippen LogP contribution in [-0.4, -0.2) is 11.6 Å². The molecular weight excluding hydrogens is 183 g/mol. The van der Waals surface area contributed by atoms with Gasteiger partial charge in [-0.3, -0.25) is 0 Å². The Morgan fingerprint density at radius 1 is 1.38 bits per heavy atom. The lowest BCUT2D eigenvalue weighted by molar-refractivity contribution is -0.137. The van der Waals surface area contributed by atoms with Crippen LogP contribution in [0.25, 0.3) is 0 Å². The molecule has 1 aromatic rings. The van der Waals surface area contributed by atoms with E-state index >= 15 is 0 Å². The Balaban J connectivity index is 2.81. The van der Waals surface area contributed by atoms with Crippen molar-refractivity contribution < 1.29 is 17.9 Å². The lowest BCUT2D eigenvalue weighted by Gasteiger charge is -2.06. The number of hydrogen-bond donors (Lipinski definition) is 0. The zero-order valence-electron chi connectivity index (χ0n) is 6.64. The summed E-state index contributed by atoms with van der Waals surface area (Å²) in [5.41, 5.74) is -0.788. The maximum Gasteiger partial charge on any atom is 0.417 e. The monoisotopic (exact) mass is 190 g/mol. The van der Waals surface area contributed by atoms with E-state index in [1.807, 2.05) is 0 Å². The highest BCUT2D eigenvalue weighted by molar-refractivity contribution is 5.20. The summed E-state index contributed by atoms with van der Waals surface area (Å²) in [6, 6.07) is 2.08. The van der Waals surface area contributed by atoms with Gasteiger partial charge in [0.05, 0.1) is 12.2 Å². The van der Waals surface area contributed by atoms with Gasteiger partial charge in [0.2, 0.25) is 5.88 Å². The molecule has 0 N–H and O–H groups in total. The van der Waals surface area contributed by atoms with E-state index in [-0.39, 0.29) is 12.5 Å². The number of rotatable bonds is 2. The molecule has 0 unspecified atom stereocenters. The van der Waals surface area contributed by atoms with Gasteiger partial charge in [-0.15, -0.1) is 0 Å². The van der Waals surface area contributed by atoms with Gasteiger partial charge in [-0.1, -0.05) is 0 Å².